The number of carbonyl (C=O) groups is 3. The summed E-state index contributed by atoms with van der Waals surface area (Å²) in [5.41, 5.74) is 1.34. The van der Waals surface area contributed by atoms with Crippen molar-refractivity contribution in [3.8, 4) is 0 Å². The third kappa shape index (κ3) is 4.58. The second kappa shape index (κ2) is 8.77. The molecule has 0 atom stereocenters. The molecule has 0 saturated heterocycles. The van der Waals surface area contributed by atoms with Crippen LogP contribution in [0.1, 0.15) is 31.3 Å². The molecule has 1 amide bonds. The lowest BCUT2D eigenvalue weighted by atomic mass is 10.1. The predicted octanol–water partition coefficient (Wildman–Crippen LogP) is 2.46. The third-order valence-electron chi connectivity index (χ3n) is 3.27. The van der Waals surface area contributed by atoms with E-state index in [0.29, 0.717) is 10.7 Å². The summed E-state index contributed by atoms with van der Waals surface area (Å²) in [6, 6.07) is 1.76. The Morgan fingerprint density at radius 3 is 2.50 bits per heavy atom. The Morgan fingerprint density at radius 2 is 1.88 bits per heavy atom. The minimum Gasteiger partial charge on any atom is -0.465 e. The normalized spacial score (nSPS) is 10.3. The first kappa shape index (κ1) is 19.9. The number of rotatable bonds is 6. The van der Waals surface area contributed by atoms with E-state index in [0.717, 1.165) is 17.0 Å². The molecule has 2 heterocycles. The molecule has 0 bridgehead atoms. The molecule has 8 nitrogen and oxygen atoms in total. The van der Waals surface area contributed by atoms with Crippen LogP contribution in [0.2, 0.25) is 0 Å². The van der Waals surface area contributed by atoms with E-state index in [1.54, 1.807) is 19.2 Å². The fourth-order valence-electron chi connectivity index (χ4n) is 2.03. The summed E-state index contributed by atoms with van der Waals surface area (Å²) in [5.74, 6) is -1.53. The van der Waals surface area contributed by atoms with Crippen molar-refractivity contribution >= 4 is 45.9 Å². The van der Waals surface area contributed by atoms with Gasteiger partial charge in [0.1, 0.15) is 9.88 Å². The highest BCUT2D eigenvalue weighted by molar-refractivity contribution is 7.99. The van der Waals surface area contributed by atoms with E-state index in [9.17, 15) is 14.4 Å². The zero-order chi connectivity index (χ0) is 19.3. The highest BCUT2D eigenvalue weighted by Crippen LogP contribution is 2.34. The molecule has 2 rings (SSSR count). The van der Waals surface area contributed by atoms with Gasteiger partial charge in [-0.25, -0.2) is 19.6 Å². The van der Waals surface area contributed by atoms with E-state index < -0.39 is 11.9 Å². The Hall–Kier alpha value is -2.46. The largest absolute Gasteiger partial charge is 0.465 e. The number of aryl methyl sites for hydroxylation is 1. The van der Waals surface area contributed by atoms with Crippen molar-refractivity contribution in [2.45, 2.75) is 19.0 Å². The van der Waals surface area contributed by atoms with Gasteiger partial charge in [0.15, 0.2) is 5.16 Å². The van der Waals surface area contributed by atoms with Crippen LogP contribution in [-0.2, 0) is 14.3 Å². The Morgan fingerprint density at radius 1 is 1.19 bits per heavy atom. The van der Waals surface area contributed by atoms with Crippen molar-refractivity contribution in [3.05, 3.63) is 34.0 Å². The van der Waals surface area contributed by atoms with E-state index >= 15 is 0 Å². The number of methoxy groups -OCH3 is 2. The Bertz CT molecular complexity index is 850. The van der Waals surface area contributed by atoms with Gasteiger partial charge in [0.2, 0.25) is 5.91 Å². The molecule has 2 aromatic rings. The lowest BCUT2D eigenvalue weighted by Gasteiger charge is -2.06. The summed E-state index contributed by atoms with van der Waals surface area (Å²) in [7, 11) is 2.48. The summed E-state index contributed by atoms with van der Waals surface area (Å²) in [6.07, 6.45) is 1.61. The van der Waals surface area contributed by atoms with Gasteiger partial charge in [-0.05, 0) is 25.5 Å². The molecule has 0 unspecified atom stereocenters. The maximum absolute atomic E-state index is 12.2. The van der Waals surface area contributed by atoms with Crippen LogP contribution in [-0.4, -0.2) is 47.8 Å². The van der Waals surface area contributed by atoms with Gasteiger partial charge in [0.25, 0.3) is 0 Å². The number of nitrogens with one attached hydrogen (secondary N) is 1. The van der Waals surface area contributed by atoms with Crippen LogP contribution < -0.4 is 5.32 Å². The van der Waals surface area contributed by atoms with Gasteiger partial charge in [-0.2, -0.15) is 0 Å². The molecule has 26 heavy (non-hydrogen) atoms. The van der Waals surface area contributed by atoms with Crippen molar-refractivity contribution in [2.75, 3.05) is 25.3 Å². The molecule has 10 heteroatoms. The summed E-state index contributed by atoms with van der Waals surface area (Å²) < 4.78 is 9.45. The van der Waals surface area contributed by atoms with Gasteiger partial charge in [0, 0.05) is 11.9 Å². The molecule has 0 fully saturated rings. The van der Waals surface area contributed by atoms with Gasteiger partial charge in [0.05, 0.1) is 25.5 Å². The Balaban J connectivity index is 2.17. The molecule has 0 spiro atoms. The van der Waals surface area contributed by atoms with Crippen LogP contribution in [0, 0.1) is 13.8 Å². The lowest BCUT2D eigenvalue weighted by molar-refractivity contribution is -0.113. The summed E-state index contributed by atoms with van der Waals surface area (Å²) in [6.45, 7) is 3.43. The zero-order valence-corrected chi connectivity index (χ0v) is 16.2. The first-order valence-electron chi connectivity index (χ1n) is 7.39. The number of ether oxygens (including phenoxy) is 2. The number of esters is 2. The topological polar surface area (TPSA) is 107 Å². The van der Waals surface area contributed by atoms with E-state index in [1.807, 2.05) is 6.92 Å². The molecular formula is C16H17N3O5S2. The third-order valence-corrected chi connectivity index (χ3v) is 5.31. The number of carbonyl (C=O) groups excluding carboxylic acids is 3. The van der Waals surface area contributed by atoms with Crippen LogP contribution in [0.3, 0.4) is 0 Å². The minimum absolute atomic E-state index is 0.0502. The molecule has 0 aromatic carbocycles. The van der Waals surface area contributed by atoms with Gasteiger partial charge in [-0.3, -0.25) is 4.79 Å². The number of anilines is 1. The molecule has 0 saturated carbocycles. The molecule has 0 aliphatic rings. The van der Waals surface area contributed by atoms with Gasteiger partial charge in [-0.15, -0.1) is 11.3 Å². The van der Waals surface area contributed by atoms with E-state index in [1.165, 1.54) is 26.0 Å². The molecule has 2 aromatic heterocycles. The van der Waals surface area contributed by atoms with Crippen molar-refractivity contribution in [3.63, 3.8) is 0 Å². The number of hydrogen-bond acceptors (Lipinski definition) is 9. The molecule has 138 valence electrons. The first-order valence-corrected chi connectivity index (χ1v) is 9.19. The first-order chi connectivity index (χ1) is 12.4. The van der Waals surface area contributed by atoms with Crippen molar-refractivity contribution < 1.29 is 23.9 Å². The van der Waals surface area contributed by atoms with Crippen LogP contribution >= 0.6 is 23.1 Å². The van der Waals surface area contributed by atoms with Crippen molar-refractivity contribution in [1.29, 1.82) is 0 Å². The molecular weight excluding hydrogens is 378 g/mol. The second-order valence-corrected chi connectivity index (χ2v) is 7.02. The summed E-state index contributed by atoms with van der Waals surface area (Å²) >= 11 is 2.13. The van der Waals surface area contributed by atoms with E-state index in [2.05, 4.69) is 15.3 Å². The molecule has 0 aliphatic heterocycles. The lowest BCUT2D eigenvalue weighted by Crippen LogP contribution is -2.16. The molecule has 0 aliphatic carbocycles. The van der Waals surface area contributed by atoms with Crippen molar-refractivity contribution in [1.82, 2.24) is 9.97 Å². The van der Waals surface area contributed by atoms with Crippen LogP contribution in [0.25, 0.3) is 0 Å². The van der Waals surface area contributed by atoms with Gasteiger partial charge in [-0.1, -0.05) is 11.8 Å². The second-order valence-electron chi connectivity index (χ2n) is 5.06. The Kier molecular flexibility index (Phi) is 6.70. The van der Waals surface area contributed by atoms with E-state index in [4.69, 9.17) is 9.47 Å². The monoisotopic (exact) mass is 395 g/mol. The smallest absolute Gasteiger partial charge is 0.348 e. The van der Waals surface area contributed by atoms with E-state index in [-0.39, 0.29) is 27.1 Å². The van der Waals surface area contributed by atoms with Crippen LogP contribution in [0.15, 0.2) is 17.4 Å². The highest BCUT2D eigenvalue weighted by Gasteiger charge is 2.26. The summed E-state index contributed by atoms with van der Waals surface area (Å²) in [4.78, 5) is 44.6. The number of hydrogen-bond donors (Lipinski definition) is 1. The number of amides is 1. The number of thioether (sulfide) groups is 1. The van der Waals surface area contributed by atoms with Gasteiger partial charge >= 0.3 is 11.9 Å². The van der Waals surface area contributed by atoms with Crippen LogP contribution in [0.4, 0.5) is 5.00 Å². The number of aromatic nitrogens is 2. The Labute approximate surface area is 158 Å². The van der Waals surface area contributed by atoms with Crippen LogP contribution in [0.5, 0.6) is 0 Å². The maximum Gasteiger partial charge on any atom is 0.348 e. The predicted molar refractivity (Wildman–Crippen MR) is 97.9 cm³/mol. The average Bonchev–Trinajstić information content (AvgIpc) is 2.94. The minimum atomic E-state index is -0.640. The maximum atomic E-state index is 12.2. The fourth-order valence-corrected chi connectivity index (χ4v) is 3.83. The highest BCUT2D eigenvalue weighted by atomic mass is 32.2. The standard InChI is InChI=1S/C16H17N3O5S2/c1-8-5-6-17-16(18-8)25-7-10(20)19-13-11(14(21)23-3)9(2)12(26-13)15(22)24-4/h5-6H,7H2,1-4H3,(H,19,20). The fraction of sp³-hybridized carbons (Fsp3) is 0.312. The zero-order valence-electron chi connectivity index (χ0n) is 14.6. The molecule has 0 radical (unpaired) electrons. The van der Waals surface area contributed by atoms with Gasteiger partial charge < -0.3 is 14.8 Å². The summed E-state index contributed by atoms with van der Waals surface area (Å²) in [5, 5.41) is 3.36. The quantitative estimate of drug-likeness (QED) is 0.451. The molecule has 1 N–H and O–H groups in total. The SMILES string of the molecule is COC(=O)c1sc(NC(=O)CSc2nccc(C)n2)c(C(=O)OC)c1C. The number of thiophene rings is 1. The van der Waals surface area contributed by atoms with Crippen molar-refractivity contribution in [2.24, 2.45) is 0 Å². The average molecular weight is 395 g/mol. The number of nitrogens with zero attached hydrogens (tertiary/aromatic N) is 2.